The molecule has 72 valence electrons. The molecule has 0 aliphatic carbocycles. The number of aromatic nitrogens is 2. The van der Waals surface area contributed by atoms with E-state index in [0.717, 1.165) is 5.69 Å². The molecule has 2 aromatic rings. The summed E-state index contributed by atoms with van der Waals surface area (Å²) in [6.45, 7) is 0. The average molecular weight is 191 g/mol. The van der Waals surface area contributed by atoms with E-state index < -0.39 is 5.97 Å². The van der Waals surface area contributed by atoms with Crippen LogP contribution < -0.4 is 5.32 Å². The van der Waals surface area contributed by atoms with Gasteiger partial charge in [0.15, 0.2) is 0 Å². The molecule has 2 rings (SSSR count). The number of carbonyl (C=O) groups is 1. The molecule has 0 amide bonds. The van der Waals surface area contributed by atoms with Crippen molar-refractivity contribution >= 4 is 17.2 Å². The van der Waals surface area contributed by atoms with E-state index in [4.69, 9.17) is 5.11 Å². The van der Waals surface area contributed by atoms with Crippen LogP contribution in [0.2, 0.25) is 0 Å². The fourth-order valence-corrected chi connectivity index (χ4v) is 1.40. The summed E-state index contributed by atoms with van der Waals surface area (Å²) in [5, 5.41) is 15.8. The molecule has 0 saturated carbocycles. The molecule has 5 nitrogen and oxygen atoms in total. The van der Waals surface area contributed by atoms with Gasteiger partial charge < -0.3 is 10.4 Å². The molecule has 0 radical (unpaired) electrons. The van der Waals surface area contributed by atoms with Crippen LogP contribution in [0.3, 0.4) is 0 Å². The quantitative estimate of drug-likeness (QED) is 0.745. The van der Waals surface area contributed by atoms with Crippen LogP contribution in [0.5, 0.6) is 0 Å². The first-order valence-electron chi connectivity index (χ1n) is 4.11. The number of carboxylic acid groups (broad SMARTS) is 1. The van der Waals surface area contributed by atoms with E-state index in [1.807, 2.05) is 6.07 Å². The molecule has 0 atom stereocenters. The summed E-state index contributed by atoms with van der Waals surface area (Å²) < 4.78 is 1.54. The predicted molar refractivity (Wildman–Crippen MR) is 51.7 cm³/mol. The number of pyridine rings is 1. The third-order valence-electron chi connectivity index (χ3n) is 2.04. The lowest BCUT2D eigenvalue weighted by atomic mass is 10.2. The van der Waals surface area contributed by atoms with Crippen LogP contribution in [0.1, 0.15) is 10.4 Å². The van der Waals surface area contributed by atoms with Gasteiger partial charge in [0.05, 0.1) is 11.9 Å². The fraction of sp³-hybridized carbons (Fsp3) is 0.111. The Morgan fingerprint density at radius 2 is 2.43 bits per heavy atom. The molecule has 0 aromatic carbocycles. The van der Waals surface area contributed by atoms with Crippen LogP contribution in [0, 0.1) is 0 Å². The summed E-state index contributed by atoms with van der Waals surface area (Å²) >= 11 is 0. The topological polar surface area (TPSA) is 66.6 Å². The van der Waals surface area contributed by atoms with E-state index in [1.54, 1.807) is 19.3 Å². The van der Waals surface area contributed by atoms with E-state index in [-0.39, 0.29) is 5.56 Å². The minimum absolute atomic E-state index is 0.204. The second-order valence-corrected chi connectivity index (χ2v) is 2.83. The zero-order valence-corrected chi connectivity index (χ0v) is 7.56. The van der Waals surface area contributed by atoms with Gasteiger partial charge in [0, 0.05) is 13.2 Å². The third kappa shape index (κ3) is 1.10. The third-order valence-corrected chi connectivity index (χ3v) is 2.04. The highest BCUT2D eigenvalue weighted by atomic mass is 16.4. The van der Waals surface area contributed by atoms with Crippen molar-refractivity contribution in [2.45, 2.75) is 0 Å². The van der Waals surface area contributed by atoms with Gasteiger partial charge in [-0.3, -0.25) is 0 Å². The standard InChI is InChI=1S/C9H9N3O2/c1-10-7-3-2-4-12-8(7)6(5-11-12)9(13)14/h2-5,10H,1H3,(H,13,14). The highest BCUT2D eigenvalue weighted by molar-refractivity contribution is 5.99. The van der Waals surface area contributed by atoms with Crippen LogP contribution in [0.25, 0.3) is 5.52 Å². The number of hydrogen-bond donors (Lipinski definition) is 2. The second-order valence-electron chi connectivity index (χ2n) is 2.83. The second kappa shape index (κ2) is 3.02. The number of carboxylic acids is 1. The van der Waals surface area contributed by atoms with Gasteiger partial charge in [-0.2, -0.15) is 5.10 Å². The molecular weight excluding hydrogens is 182 g/mol. The molecular formula is C9H9N3O2. The van der Waals surface area contributed by atoms with Gasteiger partial charge >= 0.3 is 5.97 Å². The molecule has 2 aromatic heterocycles. The van der Waals surface area contributed by atoms with Crippen molar-refractivity contribution in [3.05, 3.63) is 30.1 Å². The molecule has 0 saturated heterocycles. The van der Waals surface area contributed by atoms with Gasteiger partial charge in [0.25, 0.3) is 0 Å². The van der Waals surface area contributed by atoms with E-state index in [9.17, 15) is 4.79 Å². The van der Waals surface area contributed by atoms with Crippen molar-refractivity contribution in [1.29, 1.82) is 0 Å². The number of anilines is 1. The maximum Gasteiger partial charge on any atom is 0.339 e. The Bertz CT molecular complexity index is 490. The number of aromatic carboxylic acids is 1. The van der Waals surface area contributed by atoms with Crippen molar-refractivity contribution in [2.75, 3.05) is 12.4 Å². The van der Waals surface area contributed by atoms with Crippen molar-refractivity contribution in [3.8, 4) is 0 Å². The molecule has 2 heterocycles. The largest absolute Gasteiger partial charge is 0.478 e. The summed E-state index contributed by atoms with van der Waals surface area (Å²) in [5.74, 6) is -0.970. The first-order chi connectivity index (χ1) is 6.74. The minimum Gasteiger partial charge on any atom is -0.478 e. The Morgan fingerprint density at radius 1 is 1.64 bits per heavy atom. The Labute approximate surface area is 80.0 Å². The Kier molecular flexibility index (Phi) is 1.85. The molecule has 5 heteroatoms. The number of nitrogens with zero attached hydrogens (tertiary/aromatic N) is 2. The number of nitrogens with one attached hydrogen (secondary N) is 1. The lowest BCUT2D eigenvalue weighted by Gasteiger charge is -2.02. The minimum atomic E-state index is -0.970. The van der Waals surface area contributed by atoms with E-state index in [0.29, 0.717) is 5.52 Å². The van der Waals surface area contributed by atoms with Gasteiger partial charge in [0.2, 0.25) is 0 Å². The van der Waals surface area contributed by atoms with Gasteiger partial charge in [-0.1, -0.05) is 0 Å². The molecule has 0 aliphatic rings. The predicted octanol–water partition coefficient (Wildman–Crippen LogP) is 1.07. The molecule has 2 N–H and O–H groups in total. The van der Waals surface area contributed by atoms with E-state index >= 15 is 0 Å². The van der Waals surface area contributed by atoms with Crippen LogP contribution in [0.15, 0.2) is 24.5 Å². The summed E-state index contributed by atoms with van der Waals surface area (Å²) in [5.41, 5.74) is 1.54. The van der Waals surface area contributed by atoms with Gasteiger partial charge in [-0.15, -0.1) is 0 Å². The molecule has 0 fully saturated rings. The lowest BCUT2D eigenvalue weighted by Crippen LogP contribution is -1.99. The first-order valence-corrected chi connectivity index (χ1v) is 4.11. The SMILES string of the molecule is CNc1cccn2ncc(C(=O)O)c12. The van der Waals surface area contributed by atoms with Crippen molar-refractivity contribution in [1.82, 2.24) is 9.61 Å². The molecule has 0 aliphatic heterocycles. The van der Waals surface area contributed by atoms with Gasteiger partial charge in [-0.25, -0.2) is 9.31 Å². The maximum absolute atomic E-state index is 10.9. The average Bonchev–Trinajstić information content (AvgIpc) is 2.60. The maximum atomic E-state index is 10.9. The number of rotatable bonds is 2. The molecule has 0 bridgehead atoms. The first kappa shape index (κ1) is 8.55. The summed E-state index contributed by atoms with van der Waals surface area (Å²) in [6, 6.07) is 3.61. The number of hydrogen-bond acceptors (Lipinski definition) is 3. The van der Waals surface area contributed by atoms with Crippen LogP contribution >= 0.6 is 0 Å². The lowest BCUT2D eigenvalue weighted by molar-refractivity contribution is 0.0699. The normalized spacial score (nSPS) is 10.4. The van der Waals surface area contributed by atoms with E-state index in [1.165, 1.54) is 10.7 Å². The van der Waals surface area contributed by atoms with Gasteiger partial charge in [-0.05, 0) is 12.1 Å². The Balaban J connectivity index is 2.81. The summed E-state index contributed by atoms with van der Waals surface area (Å²) in [4.78, 5) is 10.9. The van der Waals surface area contributed by atoms with Crippen LogP contribution in [0.4, 0.5) is 5.69 Å². The van der Waals surface area contributed by atoms with Gasteiger partial charge in [0.1, 0.15) is 11.1 Å². The monoisotopic (exact) mass is 191 g/mol. The highest BCUT2D eigenvalue weighted by Gasteiger charge is 2.13. The smallest absolute Gasteiger partial charge is 0.339 e. The summed E-state index contributed by atoms with van der Waals surface area (Å²) in [6.07, 6.45) is 3.06. The zero-order valence-electron chi connectivity index (χ0n) is 7.56. The number of fused-ring (bicyclic) bond motifs is 1. The van der Waals surface area contributed by atoms with Crippen LogP contribution in [-0.4, -0.2) is 27.7 Å². The van der Waals surface area contributed by atoms with Crippen molar-refractivity contribution < 1.29 is 9.90 Å². The van der Waals surface area contributed by atoms with Crippen LogP contribution in [-0.2, 0) is 0 Å². The summed E-state index contributed by atoms with van der Waals surface area (Å²) in [7, 11) is 1.74. The highest BCUT2D eigenvalue weighted by Crippen LogP contribution is 2.19. The molecule has 0 spiro atoms. The van der Waals surface area contributed by atoms with Crippen molar-refractivity contribution in [2.24, 2.45) is 0 Å². The van der Waals surface area contributed by atoms with E-state index in [2.05, 4.69) is 10.4 Å². The Hall–Kier alpha value is -2.04. The van der Waals surface area contributed by atoms with Crippen molar-refractivity contribution in [3.63, 3.8) is 0 Å². The Morgan fingerprint density at radius 3 is 3.07 bits per heavy atom. The zero-order chi connectivity index (χ0) is 10.1. The molecule has 0 unspecified atom stereocenters. The fourth-order valence-electron chi connectivity index (χ4n) is 1.40. The molecule has 14 heavy (non-hydrogen) atoms.